The summed E-state index contributed by atoms with van der Waals surface area (Å²) < 4.78 is 0. The summed E-state index contributed by atoms with van der Waals surface area (Å²) in [7, 11) is 3.85. The van der Waals surface area contributed by atoms with Crippen molar-refractivity contribution >= 4 is 34.5 Å². The van der Waals surface area contributed by atoms with Gasteiger partial charge in [-0.25, -0.2) is 4.98 Å². The van der Waals surface area contributed by atoms with Crippen molar-refractivity contribution in [1.82, 2.24) is 9.97 Å². The summed E-state index contributed by atoms with van der Waals surface area (Å²) in [5, 5.41) is 6.18. The predicted molar refractivity (Wildman–Crippen MR) is 133 cm³/mol. The molecule has 2 N–H and O–H groups in total. The zero-order chi connectivity index (χ0) is 22.8. The Bertz CT molecular complexity index is 1200. The number of carbonyl (C=O) groups excluding carboxylic acids is 1. The van der Waals surface area contributed by atoms with Crippen molar-refractivity contribution in [2.45, 2.75) is 12.8 Å². The molecule has 33 heavy (non-hydrogen) atoms. The summed E-state index contributed by atoms with van der Waals surface area (Å²) in [4.78, 5) is 30.7. The third-order valence-corrected chi connectivity index (χ3v) is 5.99. The number of nitrogens with one attached hydrogen (secondary N) is 2. The average Bonchev–Trinajstić information content (AvgIpc) is 3.39. The number of carbonyl (C=O) groups is 1. The van der Waals surface area contributed by atoms with Gasteiger partial charge in [0.1, 0.15) is 18.2 Å². The number of hydrogen-bond donors (Lipinski definition) is 2. The minimum Gasteiger partial charge on any atom is -0.370 e. The minimum atomic E-state index is -0.252. The molecule has 0 bridgehead atoms. The van der Waals surface area contributed by atoms with Gasteiger partial charge in [0, 0.05) is 50.2 Å². The summed E-state index contributed by atoms with van der Waals surface area (Å²) in [6.07, 6.45) is 7.88. The molecule has 8 nitrogen and oxygen atoms in total. The molecule has 1 fully saturated rings. The maximum absolute atomic E-state index is 13.1. The molecule has 2 aliphatic heterocycles. The Morgan fingerprint density at radius 2 is 1.88 bits per heavy atom. The highest BCUT2D eigenvalue weighted by Gasteiger charge is 2.22. The Morgan fingerprint density at radius 3 is 2.64 bits per heavy atom. The first-order valence-electron chi connectivity index (χ1n) is 11.2. The van der Waals surface area contributed by atoms with Crippen molar-refractivity contribution in [2.75, 3.05) is 54.3 Å². The van der Waals surface area contributed by atoms with Crippen molar-refractivity contribution in [3.63, 3.8) is 0 Å². The van der Waals surface area contributed by atoms with Gasteiger partial charge in [0.15, 0.2) is 0 Å². The molecule has 2 aliphatic rings. The van der Waals surface area contributed by atoms with Crippen LogP contribution in [0.25, 0.3) is 11.1 Å². The second-order valence-corrected chi connectivity index (χ2v) is 8.48. The second kappa shape index (κ2) is 8.90. The largest absolute Gasteiger partial charge is 0.370 e. The SMILES string of the molecule is CN(C)c1ccc(NC(=O)C2=NCNc3ccc(-c4cncc(N5CCCC5)c4)cc32)cn1. The highest BCUT2D eigenvalue weighted by atomic mass is 16.1. The maximum Gasteiger partial charge on any atom is 0.274 e. The first kappa shape index (κ1) is 20.9. The molecular weight excluding hydrogens is 414 g/mol. The number of fused-ring (bicyclic) bond motifs is 1. The fraction of sp³-hybridized carbons (Fsp3) is 0.280. The topological polar surface area (TPSA) is 85.8 Å². The molecular formula is C25H27N7O. The summed E-state index contributed by atoms with van der Waals surface area (Å²) >= 11 is 0. The average molecular weight is 442 g/mol. The Kier molecular flexibility index (Phi) is 5.64. The molecule has 0 atom stereocenters. The summed E-state index contributed by atoms with van der Waals surface area (Å²) in [6.45, 7) is 2.50. The lowest BCUT2D eigenvalue weighted by atomic mass is 9.98. The molecule has 8 heteroatoms. The van der Waals surface area contributed by atoms with E-state index in [2.05, 4.69) is 42.6 Å². The Labute approximate surface area is 193 Å². The van der Waals surface area contributed by atoms with E-state index in [1.807, 2.05) is 55.7 Å². The zero-order valence-electron chi connectivity index (χ0n) is 18.9. The number of aliphatic imine (C=N–C) groups is 1. The van der Waals surface area contributed by atoms with Crippen LogP contribution >= 0.6 is 0 Å². The summed E-state index contributed by atoms with van der Waals surface area (Å²) in [5.41, 5.74) is 5.88. The summed E-state index contributed by atoms with van der Waals surface area (Å²) in [5.74, 6) is 0.574. The van der Waals surface area contributed by atoms with E-state index in [4.69, 9.17) is 0 Å². The Balaban J connectivity index is 1.40. The van der Waals surface area contributed by atoms with Gasteiger partial charge >= 0.3 is 0 Å². The van der Waals surface area contributed by atoms with E-state index in [0.717, 1.165) is 47.0 Å². The lowest BCUT2D eigenvalue weighted by molar-refractivity contribution is -0.110. The van der Waals surface area contributed by atoms with Crippen LogP contribution in [0.5, 0.6) is 0 Å². The van der Waals surface area contributed by atoms with E-state index in [9.17, 15) is 4.79 Å². The van der Waals surface area contributed by atoms with E-state index >= 15 is 0 Å². The number of rotatable bonds is 5. The van der Waals surface area contributed by atoms with Crippen molar-refractivity contribution in [2.24, 2.45) is 4.99 Å². The van der Waals surface area contributed by atoms with Gasteiger partial charge in [-0.2, -0.15) is 0 Å². The van der Waals surface area contributed by atoms with E-state index in [1.54, 1.807) is 6.20 Å². The van der Waals surface area contributed by atoms with Gasteiger partial charge in [-0.15, -0.1) is 0 Å². The standard InChI is InChI=1S/C25H27N7O/c1-31(2)23-8-6-19(14-27-23)30-25(33)24-21-12-17(5-7-22(21)28-16-29-24)18-11-20(15-26-13-18)32-9-3-4-10-32/h5-8,11-15,28H,3-4,9-10,16H2,1-2H3,(H,30,33). The Morgan fingerprint density at radius 1 is 1.03 bits per heavy atom. The number of aromatic nitrogens is 2. The molecule has 0 unspecified atom stereocenters. The minimum absolute atomic E-state index is 0.252. The van der Waals surface area contributed by atoms with Gasteiger partial charge in [-0.05, 0) is 48.7 Å². The smallest absolute Gasteiger partial charge is 0.274 e. The molecule has 2 aromatic heterocycles. The van der Waals surface area contributed by atoms with Gasteiger partial charge in [0.2, 0.25) is 0 Å². The highest BCUT2D eigenvalue weighted by Crippen LogP contribution is 2.30. The number of nitrogens with zero attached hydrogens (tertiary/aromatic N) is 5. The molecule has 0 aliphatic carbocycles. The highest BCUT2D eigenvalue weighted by molar-refractivity contribution is 6.50. The normalized spacial score (nSPS) is 14.8. The number of anilines is 4. The van der Waals surface area contributed by atoms with Crippen molar-refractivity contribution in [3.05, 3.63) is 60.6 Å². The molecule has 1 saturated heterocycles. The third kappa shape index (κ3) is 4.37. The van der Waals surface area contributed by atoms with Gasteiger partial charge in [-0.1, -0.05) is 6.07 Å². The lowest BCUT2D eigenvalue weighted by Gasteiger charge is -2.20. The van der Waals surface area contributed by atoms with Crippen LogP contribution in [0.15, 0.2) is 60.0 Å². The molecule has 3 aromatic rings. The van der Waals surface area contributed by atoms with Crippen molar-refractivity contribution in [3.8, 4) is 11.1 Å². The fourth-order valence-corrected chi connectivity index (χ4v) is 4.21. The first-order valence-corrected chi connectivity index (χ1v) is 11.2. The van der Waals surface area contributed by atoms with Crippen molar-refractivity contribution < 1.29 is 4.79 Å². The molecule has 0 saturated carbocycles. The van der Waals surface area contributed by atoms with E-state index < -0.39 is 0 Å². The molecule has 5 rings (SSSR count). The molecule has 1 amide bonds. The van der Waals surface area contributed by atoms with Crippen LogP contribution < -0.4 is 20.4 Å². The monoisotopic (exact) mass is 441 g/mol. The van der Waals surface area contributed by atoms with E-state index in [-0.39, 0.29) is 5.91 Å². The zero-order valence-corrected chi connectivity index (χ0v) is 18.9. The van der Waals surface area contributed by atoms with Crippen LogP contribution in [0.1, 0.15) is 18.4 Å². The van der Waals surface area contributed by atoms with Gasteiger partial charge in [-0.3, -0.25) is 14.8 Å². The molecule has 0 radical (unpaired) electrons. The van der Waals surface area contributed by atoms with Gasteiger partial charge < -0.3 is 20.4 Å². The number of benzene rings is 1. The predicted octanol–water partition coefficient (Wildman–Crippen LogP) is 3.62. The van der Waals surface area contributed by atoms with E-state index in [1.165, 1.54) is 12.8 Å². The number of amides is 1. The molecule has 168 valence electrons. The van der Waals surface area contributed by atoms with Gasteiger partial charge in [0.05, 0.1) is 23.8 Å². The van der Waals surface area contributed by atoms with Crippen molar-refractivity contribution in [1.29, 1.82) is 0 Å². The summed E-state index contributed by atoms with van der Waals surface area (Å²) in [6, 6.07) is 12.0. The number of pyridine rings is 2. The molecule has 0 spiro atoms. The molecule has 4 heterocycles. The maximum atomic E-state index is 13.1. The van der Waals surface area contributed by atoms with E-state index in [0.29, 0.717) is 18.1 Å². The van der Waals surface area contributed by atoms with Crippen LogP contribution in [-0.2, 0) is 4.79 Å². The third-order valence-electron chi connectivity index (χ3n) is 5.99. The van der Waals surface area contributed by atoms with Gasteiger partial charge in [0.25, 0.3) is 5.91 Å². The van der Waals surface area contributed by atoms with Crippen LogP contribution in [0.3, 0.4) is 0 Å². The molecule has 1 aromatic carbocycles. The van der Waals surface area contributed by atoms with Crippen LogP contribution in [0.4, 0.5) is 22.9 Å². The fourth-order valence-electron chi connectivity index (χ4n) is 4.21. The lowest BCUT2D eigenvalue weighted by Crippen LogP contribution is -2.28. The van der Waals surface area contributed by atoms with Crippen LogP contribution in [0, 0.1) is 0 Å². The Hall–Kier alpha value is -3.94. The van der Waals surface area contributed by atoms with Crippen LogP contribution in [0.2, 0.25) is 0 Å². The number of hydrogen-bond acceptors (Lipinski definition) is 7. The first-order chi connectivity index (χ1) is 16.1. The quantitative estimate of drug-likeness (QED) is 0.629. The second-order valence-electron chi connectivity index (χ2n) is 8.48. The van der Waals surface area contributed by atoms with Crippen LogP contribution in [-0.4, -0.2) is 55.4 Å².